The maximum Gasteiger partial charge on any atom is 0.227 e. The summed E-state index contributed by atoms with van der Waals surface area (Å²) in [6.07, 6.45) is 0.338. The fourth-order valence-corrected chi connectivity index (χ4v) is 2.37. The zero-order valence-electron chi connectivity index (χ0n) is 9.45. The second-order valence-corrected chi connectivity index (χ2v) is 4.95. The first-order valence-corrected chi connectivity index (χ1v) is 6.21. The van der Waals surface area contributed by atoms with Crippen molar-refractivity contribution < 1.29 is 9.90 Å². The third-order valence-corrected chi connectivity index (χ3v) is 3.50. The molecule has 0 radical (unpaired) electrons. The molecule has 1 aliphatic rings. The van der Waals surface area contributed by atoms with Crippen LogP contribution >= 0.6 is 15.9 Å². The van der Waals surface area contributed by atoms with E-state index in [-0.39, 0.29) is 17.6 Å². The van der Waals surface area contributed by atoms with Crippen molar-refractivity contribution >= 4 is 27.5 Å². The number of hydrogen-bond acceptors (Lipinski definition) is 3. The molecule has 0 aromatic heterocycles. The Balaban J connectivity index is 2.21. The predicted molar refractivity (Wildman–Crippen MR) is 70.3 cm³/mol. The molecule has 0 bridgehead atoms. The molecule has 7 heteroatoms. The number of para-hydroxylation sites is 1. The smallest absolute Gasteiger partial charge is 0.227 e. The monoisotopic (exact) mass is 310 g/mol. The number of carbonyl (C=O) groups is 1. The highest BCUT2D eigenvalue weighted by Crippen LogP contribution is 2.37. The topological polar surface area (TPSA) is 89.3 Å². The third-order valence-electron chi connectivity index (χ3n) is 2.86. The van der Waals surface area contributed by atoms with E-state index in [4.69, 9.17) is 5.53 Å². The molecule has 94 valence electrons. The number of phenols is 1. The number of amides is 1. The molecule has 18 heavy (non-hydrogen) atoms. The van der Waals surface area contributed by atoms with Gasteiger partial charge in [0, 0.05) is 24.4 Å². The van der Waals surface area contributed by atoms with Gasteiger partial charge in [0.1, 0.15) is 0 Å². The van der Waals surface area contributed by atoms with Crippen LogP contribution < -0.4 is 4.90 Å². The zero-order valence-corrected chi connectivity index (χ0v) is 11.0. The van der Waals surface area contributed by atoms with Gasteiger partial charge in [-0.2, -0.15) is 0 Å². The van der Waals surface area contributed by atoms with Gasteiger partial charge in [-0.1, -0.05) is 11.2 Å². The number of halogens is 1. The number of nitrogens with zero attached hydrogens (tertiary/aromatic N) is 4. The summed E-state index contributed by atoms with van der Waals surface area (Å²) in [7, 11) is 0. The molecule has 6 nitrogen and oxygen atoms in total. The predicted octanol–water partition coefficient (Wildman–Crippen LogP) is 2.82. The van der Waals surface area contributed by atoms with Crippen molar-refractivity contribution in [3.8, 4) is 5.75 Å². The summed E-state index contributed by atoms with van der Waals surface area (Å²) < 4.78 is 0.547. The highest BCUT2D eigenvalue weighted by atomic mass is 79.9. The van der Waals surface area contributed by atoms with E-state index in [1.54, 1.807) is 18.2 Å². The molecule has 1 atom stereocenters. The van der Waals surface area contributed by atoms with Crippen LogP contribution in [0.2, 0.25) is 0 Å². The van der Waals surface area contributed by atoms with E-state index in [1.807, 2.05) is 0 Å². The molecular weight excluding hydrogens is 300 g/mol. The fraction of sp³-hybridized carbons (Fsp3) is 0.364. The summed E-state index contributed by atoms with van der Waals surface area (Å²) in [4.78, 5) is 16.1. The van der Waals surface area contributed by atoms with Crippen molar-refractivity contribution in [3.05, 3.63) is 33.1 Å². The van der Waals surface area contributed by atoms with Crippen LogP contribution in [0, 0.1) is 5.92 Å². The Labute approximate surface area is 112 Å². The molecule has 0 saturated carbocycles. The van der Waals surface area contributed by atoms with E-state index in [2.05, 4.69) is 26.0 Å². The van der Waals surface area contributed by atoms with Crippen LogP contribution in [-0.4, -0.2) is 24.1 Å². The summed E-state index contributed by atoms with van der Waals surface area (Å²) in [5, 5.41) is 13.4. The summed E-state index contributed by atoms with van der Waals surface area (Å²) in [6.45, 7) is 0.759. The number of hydrogen-bond donors (Lipinski definition) is 1. The number of rotatable bonds is 3. The maximum absolute atomic E-state index is 11.9. The molecule has 1 aliphatic heterocycles. The Kier molecular flexibility index (Phi) is 3.74. The van der Waals surface area contributed by atoms with Crippen LogP contribution in [0.4, 0.5) is 5.69 Å². The lowest BCUT2D eigenvalue weighted by molar-refractivity contribution is -0.117. The molecule has 1 unspecified atom stereocenters. The normalized spacial score (nSPS) is 18.8. The lowest BCUT2D eigenvalue weighted by atomic mass is 10.1. The third kappa shape index (κ3) is 2.42. The molecule has 1 aromatic rings. The van der Waals surface area contributed by atoms with Gasteiger partial charge in [-0.15, -0.1) is 0 Å². The van der Waals surface area contributed by atoms with E-state index < -0.39 is 0 Å². The standard InChI is InChI=1S/C11H11BrN4O2/c12-8-2-1-3-9(11(8)18)16-6-7(4-10(16)17)5-14-15-13/h1-3,7,18H,4-6H2. The van der Waals surface area contributed by atoms with Crippen LogP contribution in [0.1, 0.15) is 6.42 Å². The molecular formula is C11H11BrN4O2. The highest BCUT2D eigenvalue weighted by Gasteiger charge is 2.31. The van der Waals surface area contributed by atoms with Gasteiger partial charge < -0.3 is 10.0 Å². The largest absolute Gasteiger partial charge is 0.505 e. The van der Waals surface area contributed by atoms with Crippen LogP contribution in [0.3, 0.4) is 0 Å². The van der Waals surface area contributed by atoms with Gasteiger partial charge in [0.05, 0.1) is 10.2 Å². The minimum absolute atomic E-state index is 0.00628. The number of phenolic OH excluding ortho intramolecular Hbond substituents is 1. The van der Waals surface area contributed by atoms with Crippen molar-refractivity contribution in [1.82, 2.24) is 0 Å². The molecule has 1 heterocycles. The van der Waals surface area contributed by atoms with Gasteiger partial charge >= 0.3 is 0 Å². The van der Waals surface area contributed by atoms with Gasteiger partial charge in [0.2, 0.25) is 5.91 Å². The lowest BCUT2D eigenvalue weighted by Crippen LogP contribution is -2.24. The molecule has 1 fully saturated rings. The molecule has 1 amide bonds. The van der Waals surface area contributed by atoms with Crippen molar-refractivity contribution in [3.63, 3.8) is 0 Å². The van der Waals surface area contributed by atoms with Gasteiger partial charge in [0.15, 0.2) is 5.75 Å². The van der Waals surface area contributed by atoms with Crippen molar-refractivity contribution in [2.45, 2.75) is 6.42 Å². The summed E-state index contributed by atoms with van der Waals surface area (Å²) in [5.41, 5.74) is 8.75. The SMILES string of the molecule is [N-]=[N+]=NCC1CC(=O)N(c2cccc(Br)c2O)C1. The van der Waals surface area contributed by atoms with E-state index in [9.17, 15) is 9.90 Å². The molecule has 1 N–H and O–H groups in total. The van der Waals surface area contributed by atoms with Gasteiger partial charge in [-0.3, -0.25) is 4.79 Å². The number of carbonyl (C=O) groups excluding carboxylic acids is 1. The van der Waals surface area contributed by atoms with Crippen LogP contribution in [-0.2, 0) is 4.79 Å². The fourth-order valence-electron chi connectivity index (χ4n) is 2.01. The van der Waals surface area contributed by atoms with Crippen molar-refractivity contribution in [2.24, 2.45) is 11.0 Å². The van der Waals surface area contributed by atoms with Gasteiger partial charge in [-0.05, 0) is 39.5 Å². The quantitative estimate of drug-likeness (QED) is 0.528. The summed E-state index contributed by atoms with van der Waals surface area (Å²) >= 11 is 3.22. The second kappa shape index (κ2) is 5.29. The van der Waals surface area contributed by atoms with Crippen molar-refractivity contribution in [1.29, 1.82) is 0 Å². The number of benzene rings is 1. The molecule has 2 rings (SSSR count). The maximum atomic E-state index is 11.9. The summed E-state index contributed by atoms with van der Waals surface area (Å²) in [6, 6.07) is 5.15. The average molecular weight is 311 g/mol. The Morgan fingerprint density at radius 2 is 2.39 bits per heavy atom. The highest BCUT2D eigenvalue weighted by molar-refractivity contribution is 9.10. The minimum atomic E-state index is -0.0680. The Hall–Kier alpha value is -1.72. The average Bonchev–Trinajstić information content (AvgIpc) is 2.71. The Morgan fingerprint density at radius 1 is 1.61 bits per heavy atom. The lowest BCUT2D eigenvalue weighted by Gasteiger charge is -2.18. The molecule has 0 spiro atoms. The van der Waals surface area contributed by atoms with E-state index in [0.29, 0.717) is 29.7 Å². The molecule has 1 aromatic carbocycles. The van der Waals surface area contributed by atoms with E-state index in [0.717, 1.165) is 0 Å². The van der Waals surface area contributed by atoms with Gasteiger partial charge in [0.25, 0.3) is 0 Å². The number of anilines is 1. The van der Waals surface area contributed by atoms with E-state index >= 15 is 0 Å². The minimum Gasteiger partial charge on any atom is -0.505 e. The van der Waals surface area contributed by atoms with Crippen LogP contribution in [0.15, 0.2) is 27.8 Å². The first kappa shape index (κ1) is 12.7. The first-order valence-electron chi connectivity index (χ1n) is 5.42. The Bertz CT molecular complexity index is 528. The zero-order chi connectivity index (χ0) is 13.1. The van der Waals surface area contributed by atoms with Crippen LogP contribution in [0.5, 0.6) is 5.75 Å². The first-order chi connectivity index (χ1) is 8.63. The number of azide groups is 1. The van der Waals surface area contributed by atoms with Gasteiger partial charge in [-0.25, -0.2) is 0 Å². The number of aromatic hydroxyl groups is 1. The second-order valence-electron chi connectivity index (χ2n) is 4.10. The van der Waals surface area contributed by atoms with Crippen molar-refractivity contribution in [2.75, 3.05) is 18.0 Å². The Morgan fingerprint density at radius 3 is 3.11 bits per heavy atom. The van der Waals surface area contributed by atoms with E-state index in [1.165, 1.54) is 4.90 Å². The molecule has 1 saturated heterocycles. The summed E-state index contributed by atoms with van der Waals surface area (Å²) in [5.74, 6) is -0.0106. The van der Waals surface area contributed by atoms with Crippen LogP contribution in [0.25, 0.3) is 10.4 Å². The molecule has 0 aliphatic carbocycles.